The molecule has 1 heteroatoms. The molecule has 76 valence electrons. The smallest absolute Gasteiger partial charge is 0.0175 e. The Morgan fingerprint density at radius 2 is 1.71 bits per heavy atom. The highest BCUT2D eigenvalue weighted by Gasteiger charge is 2.22. The monoisotopic (exact) mass is 252 g/mol. The van der Waals surface area contributed by atoms with E-state index in [2.05, 4.69) is 47.1 Å². The van der Waals surface area contributed by atoms with Gasteiger partial charge in [-0.1, -0.05) is 47.8 Å². The summed E-state index contributed by atoms with van der Waals surface area (Å²) in [6.45, 7) is 2.37. The molecule has 1 fully saturated rings. The van der Waals surface area contributed by atoms with Gasteiger partial charge in [-0.05, 0) is 42.4 Å². The van der Waals surface area contributed by atoms with Gasteiger partial charge in [0.25, 0.3) is 0 Å². The van der Waals surface area contributed by atoms with Crippen LogP contribution in [0.5, 0.6) is 0 Å². The van der Waals surface area contributed by atoms with Crippen molar-refractivity contribution < 1.29 is 0 Å². The molecule has 0 saturated heterocycles. The molecule has 0 aliphatic heterocycles. The van der Waals surface area contributed by atoms with Crippen LogP contribution in [-0.4, -0.2) is 0 Å². The van der Waals surface area contributed by atoms with Gasteiger partial charge in [0, 0.05) is 4.47 Å². The van der Waals surface area contributed by atoms with E-state index in [9.17, 15) is 0 Å². The van der Waals surface area contributed by atoms with E-state index < -0.39 is 0 Å². The van der Waals surface area contributed by atoms with Gasteiger partial charge in [0.2, 0.25) is 0 Å². The number of hydrogen-bond acceptors (Lipinski definition) is 0. The Balaban J connectivity index is 2.09. The van der Waals surface area contributed by atoms with Crippen LogP contribution >= 0.6 is 15.9 Å². The molecule has 0 amide bonds. The molecule has 14 heavy (non-hydrogen) atoms. The first-order valence-corrected chi connectivity index (χ1v) is 6.32. The fourth-order valence-corrected chi connectivity index (χ4v) is 2.76. The molecule has 0 spiro atoms. The van der Waals surface area contributed by atoms with Gasteiger partial charge in [-0.2, -0.15) is 0 Å². The van der Waals surface area contributed by atoms with E-state index in [0.717, 1.165) is 11.8 Å². The van der Waals surface area contributed by atoms with Gasteiger partial charge in [-0.15, -0.1) is 0 Å². The molecule has 1 aliphatic rings. The lowest BCUT2D eigenvalue weighted by Gasteiger charge is -2.19. The molecule has 1 aromatic rings. The second-order valence-corrected chi connectivity index (χ2v) is 5.30. The maximum atomic E-state index is 3.48. The minimum atomic E-state index is 0.741. The van der Waals surface area contributed by atoms with Crippen LogP contribution in [0.3, 0.4) is 0 Å². The zero-order valence-electron chi connectivity index (χ0n) is 8.67. The standard InChI is InChI=1S/C13H17Br/c1-10(11-4-2-3-5-11)12-6-8-13(14)9-7-12/h6-11H,2-5H2,1H3. The predicted molar refractivity (Wildman–Crippen MR) is 64.5 cm³/mol. The van der Waals surface area contributed by atoms with Gasteiger partial charge in [0.05, 0.1) is 0 Å². The normalized spacial score (nSPS) is 19.9. The molecule has 0 radical (unpaired) electrons. The van der Waals surface area contributed by atoms with Gasteiger partial charge in [-0.3, -0.25) is 0 Å². The third kappa shape index (κ3) is 2.20. The Morgan fingerprint density at radius 1 is 1.14 bits per heavy atom. The molecule has 1 saturated carbocycles. The van der Waals surface area contributed by atoms with Crippen LogP contribution in [-0.2, 0) is 0 Å². The Kier molecular flexibility index (Phi) is 3.27. The SMILES string of the molecule is CC(c1ccc(Br)cc1)C1CCCC1. The van der Waals surface area contributed by atoms with Crippen LogP contribution in [0.1, 0.15) is 44.1 Å². The van der Waals surface area contributed by atoms with E-state index >= 15 is 0 Å². The first kappa shape index (κ1) is 10.2. The second-order valence-electron chi connectivity index (χ2n) is 4.38. The number of rotatable bonds is 2. The van der Waals surface area contributed by atoms with E-state index in [0.29, 0.717) is 0 Å². The van der Waals surface area contributed by atoms with Gasteiger partial charge >= 0.3 is 0 Å². The van der Waals surface area contributed by atoms with Crippen molar-refractivity contribution in [2.75, 3.05) is 0 Å². The summed E-state index contributed by atoms with van der Waals surface area (Å²) in [5.41, 5.74) is 1.50. The van der Waals surface area contributed by atoms with Crippen LogP contribution in [0.15, 0.2) is 28.7 Å². The van der Waals surface area contributed by atoms with Crippen molar-refractivity contribution >= 4 is 15.9 Å². The molecule has 1 aromatic carbocycles. The minimum Gasteiger partial charge on any atom is -0.0581 e. The van der Waals surface area contributed by atoms with Gasteiger partial charge < -0.3 is 0 Å². The first-order valence-electron chi connectivity index (χ1n) is 5.53. The molecule has 0 N–H and O–H groups in total. The van der Waals surface area contributed by atoms with Crippen LogP contribution < -0.4 is 0 Å². The van der Waals surface area contributed by atoms with Crippen molar-refractivity contribution in [2.24, 2.45) is 5.92 Å². The van der Waals surface area contributed by atoms with Crippen LogP contribution in [0.2, 0.25) is 0 Å². The molecule has 0 aromatic heterocycles. The van der Waals surface area contributed by atoms with E-state index in [1.807, 2.05) is 0 Å². The molecule has 0 nitrogen and oxygen atoms in total. The van der Waals surface area contributed by atoms with E-state index in [1.54, 1.807) is 0 Å². The highest BCUT2D eigenvalue weighted by atomic mass is 79.9. The van der Waals surface area contributed by atoms with Crippen LogP contribution in [0.4, 0.5) is 0 Å². The topological polar surface area (TPSA) is 0 Å². The Labute approximate surface area is 94.8 Å². The predicted octanol–water partition coefficient (Wildman–Crippen LogP) is 4.74. The molecule has 2 rings (SSSR count). The summed E-state index contributed by atoms with van der Waals surface area (Å²) in [6, 6.07) is 8.82. The van der Waals surface area contributed by atoms with Gasteiger partial charge in [-0.25, -0.2) is 0 Å². The summed E-state index contributed by atoms with van der Waals surface area (Å²) in [5.74, 6) is 1.67. The highest BCUT2D eigenvalue weighted by molar-refractivity contribution is 9.10. The van der Waals surface area contributed by atoms with E-state index in [-0.39, 0.29) is 0 Å². The quantitative estimate of drug-likeness (QED) is 0.713. The molecule has 1 aliphatic carbocycles. The largest absolute Gasteiger partial charge is 0.0581 e. The fourth-order valence-electron chi connectivity index (χ4n) is 2.50. The van der Waals surface area contributed by atoms with Crippen molar-refractivity contribution in [2.45, 2.75) is 38.5 Å². The maximum Gasteiger partial charge on any atom is 0.0175 e. The zero-order chi connectivity index (χ0) is 9.97. The van der Waals surface area contributed by atoms with E-state index in [1.165, 1.54) is 35.7 Å². The third-order valence-electron chi connectivity index (χ3n) is 3.50. The van der Waals surface area contributed by atoms with Gasteiger partial charge in [0.1, 0.15) is 0 Å². The molecular weight excluding hydrogens is 236 g/mol. The molecule has 0 bridgehead atoms. The lowest BCUT2D eigenvalue weighted by atomic mass is 9.87. The summed E-state index contributed by atoms with van der Waals surface area (Å²) < 4.78 is 1.18. The molecular formula is C13H17Br. The van der Waals surface area contributed by atoms with Gasteiger partial charge in [0.15, 0.2) is 0 Å². The average Bonchev–Trinajstić information content (AvgIpc) is 2.71. The number of hydrogen-bond donors (Lipinski definition) is 0. The summed E-state index contributed by atoms with van der Waals surface area (Å²) in [4.78, 5) is 0. The first-order chi connectivity index (χ1) is 6.77. The Hall–Kier alpha value is -0.300. The third-order valence-corrected chi connectivity index (χ3v) is 4.03. The van der Waals surface area contributed by atoms with Crippen molar-refractivity contribution in [3.05, 3.63) is 34.3 Å². The summed E-state index contributed by atoms with van der Waals surface area (Å²) in [6.07, 6.45) is 5.73. The fraction of sp³-hybridized carbons (Fsp3) is 0.538. The maximum absolute atomic E-state index is 3.48. The Morgan fingerprint density at radius 3 is 2.29 bits per heavy atom. The Bertz CT molecular complexity index is 283. The van der Waals surface area contributed by atoms with E-state index in [4.69, 9.17) is 0 Å². The lowest BCUT2D eigenvalue weighted by molar-refractivity contribution is 0.461. The lowest BCUT2D eigenvalue weighted by Crippen LogP contribution is -2.05. The van der Waals surface area contributed by atoms with Crippen LogP contribution in [0, 0.1) is 5.92 Å². The summed E-state index contributed by atoms with van der Waals surface area (Å²) >= 11 is 3.48. The molecule has 0 heterocycles. The number of halogens is 1. The second kappa shape index (κ2) is 4.48. The van der Waals surface area contributed by atoms with Crippen molar-refractivity contribution in [1.29, 1.82) is 0 Å². The highest BCUT2D eigenvalue weighted by Crippen LogP contribution is 2.37. The number of benzene rings is 1. The van der Waals surface area contributed by atoms with Crippen molar-refractivity contribution in [3.63, 3.8) is 0 Å². The van der Waals surface area contributed by atoms with Crippen molar-refractivity contribution in [3.8, 4) is 0 Å². The summed E-state index contributed by atoms with van der Waals surface area (Å²) in [7, 11) is 0. The minimum absolute atomic E-state index is 0.741. The molecule has 1 atom stereocenters. The zero-order valence-corrected chi connectivity index (χ0v) is 10.3. The molecule has 1 unspecified atom stereocenters. The van der Waals surface area contributed by atoms with Crippen LogP contribution in [0.25, 0.3) is 0 Å². The average molecular weight is 253 g/mol. The summed E-state index contributed by atoms with van der Waals surface area (Å²) in [5, 5.41) is 0. The van der Waals surface area contributed by atoms with Crippen molar-refractivity contribution in [1.82, 2.24) is 0 Å².